The second-order valence-corrected chi connectivity index (χ2v) is 9.20. The Hall–Kier alpha value is -3.96. The van der Waals surface area contributed by atoms with Gasteiger partial charge in [0.05, 0.1) is 5.69 Å². The maximum absolute atomic E-state index is 13.4. The molecule has 0 saturated carbocycles. The lowest BCUT2D eigenvalue weighted by atomic mass is 10.1. The predicted octanol–water partition coefficient (Wildman–Crippen LogP) is 3.02. The first kappa shape index (κ1) is 27.1. The Balaban J connectivity index is 1.53. The molecule has 4 rings (SSSR count). The quantitative estimate of drug-likeness (QED) is 0.161. The zero-order chi connectivity index (χ0) is 26.9. The van der Waals surface area contributed by atoms with E-state index in [2.05, 4.69) is 34.0 Å². The van der Waals surface area contributed by atoms with Crippen molar-refractivity contribution in [3.8, 4) is 0 Å². The van der Waals surface area contributed by atoms with Gasteiger partial charge in [0, 0.05) is 31.6 Å². The number of aromatic nitrogens is 2. The van der Waals surface area contributed by atoms with Crippen molar-refractivity contribution in [1.82, 2.24) is 5.27 Å². The Morgan fingerprint density at radius 1 is 1.18 bits per heavy atom. The highest BCUT2D eigenvalue weighted by Crippen LogP contribution is 2.29. The second-order valence-electron chi connectivity index (χ2n) is 8.25. The number of anilines is 2. The van der Waals surface area contributed by atoms with Crippen molar-refractivity contribution in [2.45, 2.75) is 20.4 Å². The molecule has 0 N–H and O–H groups in total. The van der Waals surface area contributed by atoms with Crippen LogP contribution in [0.5, 0.6) is 0 Å². The van der Waals surface area contributed by atoms with Gasteiger partial charge in [0.1, 0.15) is 12.3 Å². The molecule has 1 amide bonds. The summed E-state index contributed by atoms with van der Waals surface area (Å²) in [5.74, 6) is -0.618. The molecule has 1 aromatic heterocycles. The number of benzene rings is 2. The van der Waals surface area contributed by atoms with Gasteiger partial charge in [0.15, 0.2) is 5.17 Å². The maximum atomic E-state index is 13.4. The monoisotopic (exact) mass is 534 g/mol. The number of amidine groups is 1. The minimum atomic E-state index is -0.433. The molecule has 198 valence electrons. The SMILES string of the molecule is CCN(CC)c1ccc(/C=C2/N=C(SC/C([O-])=N/c3c[n+](CCOC)no3)N(c3ccccc3)C2=O)cc1. The van der Waals surface area contributed by atoms with Crippen molar-refractivity contribution in [3.05, 3.63) is 72.1 Å². The molecule has 2 aromatic carbocycles. The fourth-order valence-corrected chi connectivity index (χ4v) is 4.61. The van der Waals surface area contributed by atoms with E-state index in [0.717, 1.165) is 36.1 Å². The van der Waals surface area contributed by atoms with Crippen LogP contribution in [0.2, 0.25) is 0 Å². The molecular formula is C27H30N6O4S. The first-order valence-corrected chi connectivity index (χ1v) is 13.3. The third-order valence-corrected chi connectivity index (χ3v) is 6.68. The van der Waals surface area contributed by atoms with E-state index in [0.29, 0.717) is 29.7 Å². The van der Waals surface area contributed by atoms with Crippen LogP contribution in [0.15, 0.2) is 81.0 Å². The number of para-hydroxylation sites is 1. The van der Waals surface area contributed by atoms with E-state index in [4.69, 9.17) is 9.26 Å². The summed E-state index contributed by atoms with van der Waals surface area (Å²) in [6, 6.07) is 17.3. The number of hydrogen-bond donors (Lipinski definition) is 0. The Bertz CT molecular complexity index is 1320. The molecule has 0 fully saturated rings. The van der Waals surface area contributed by atoms with Gasteiger partial charge in [0.25, 0.3) is 12.1 Å². The highest BCUT2D eigenvalue weighted by Gasteiger charge is 2.31. The largest absolute Gasteiger partial charge is 0.861 e. The predicted molar refractivity (Wildman–Crippen MR) is 147 cm³/mol. The van der Waals surface area contributed by atoms with Crippen LogP contribution in [0, 0.1) is 0 Å². The lowest BCUT2D eigenvalue weighted by Gasteiger charge is -2.20. The smallest absolute Gasteiger partial charge is 0.320 e. The summed E-state index contributed by atoms with van der Waals surface area (Å²) in [6.45, 7) is 7.01. The van der Waals surface area contributed by atoms with Gasteiger partial charge in [-0.25, -0.2) is 9.98 Å². The molecule has 3 aromatic rings. The molecule has 10 nitrogen and oxygen atoms in total. The molecule has 0 atom stereocenters. The average molecular weight is 535 g/mol. The van der Waals surface area contributed by atoms with E-state index >= 15 is 0 Å². The van der Waals surface area contributed by atoms with E-state index in [1.54, 1.807) is 13.2 Å². The number of thioether (sulfide) groups is 1. The van der Waals surface area contributed by atoms with Crippen LogP contribution in [-0.2, 0) is 16.1 Å². The van der Waals surface area contributed by atoms with Crippen molar-refractivity contribution in [3.63, 3.8) is 0 Å². The molecule has 11 heteroatoms. The molecule has 0 aliphatic carbocycles. The van der Waals surface area contributed by atoms with Crippen LogP contribution >= 0.6 is 11.8 Å². The van der Waals surface area contributed by atoms with E-state index < -0.39 is 5.90 Å². The molecule has 38 heavy (non-hydrogen) atoms. The van der Waals surface area contributed by atoms with Gasteiger partial charge in [-0.1, -0.05) is 42.1 Å². The summed E-state index contributed by atoms with van der Waals surface area (Å²) in [5, 5.41) is 16.7. The third kappa shape index (κ3) is 6.67. The number of ether oxygens (including phenoxy) is 1. The summed E-state index contributed by atoms with van der Waals surface area (Å²) in [7, 11) is 1.59. The number of carbonyl (C=O) groups is 1. The summed E-state index contributed by atoms with van der Waals surface area (Å²) in [4.78, 5) is 25.7. The van der Waals surface area contributed by atoms with Crippen molar-refractivity contribution in [1.29, 1.82) is 0 Å². The van der Waals surface area contributed by atoms with Crippen LogP contribution in [0.1, 0.15) is 19.4 Å². The summed E-state index contributed by atoms with van der Waals surface area (Å²) in [5.41, 5.74) is 2.96. The molecule has 0 bridgehead atoms. The van der Waals surface area contributed by atoms with Gasteiger partial charge in [-0.15, -0.1) is 0 Å². The Morgan fingerprint density at radius 2 is 1.92 bits per heavy atom. The number of carbonyl (C=O) groups excluding carboxylic acids is 1. The van der Waals surface area contributed by atoms with Crippen LogP contribution in [0.3, 0.4) is 0 Å². The number of amides is 1. The van der Waals surface area contributed by atoms with Crippen molar-refractivity contribution < 1.29 is 23.8 Å². The first-order chi connectivity index (χ1) is 18.5. The normalized spacial score (nSPS) is 14.9. The van der Waals surface area contributed by atoms with Crippen molar-refractivity contribution >= 4 is 52.1 Å². The Kier molecular flexibility index (Phi) is 9.28. The van der Waals surface area contributed by atoms with Gasteiger partial charge < -0.3 is 14.7 Å². The molecule has 2 heterocycles. The molecule has 0 saturated heterocycles. The van der Waals surface area contributed by atoms with Crippen molar-refractivity contribution in [2.24, 2.45) is 9.98 Å². The molecule has 0 spiro atoms. The standard InChI is InChI=1S/C27H30N6O4S/c1-4-31(5-2)21-13-11-20(12-14-21)17-23-26(35)33(22-9-7-6-8-10-22)27(28-23)38-19-24(34)29-25-18-32(30-37-25)15-16-36-3/h6-14,17-18H,4-5,15-16,19H2,1-3H3/b23-17+. The molecule has 1 aliphatic rings. The van der Waals surface area contributed by atoms with Gasteiger partial charge >= 0.3 is 5.88 Å². The Morgan fingerprint density at radius 3 is 2.61 bits per heavy atom. The van der Waals surface area contributed by atoms with E-state index in [1.807, 2.05) is 54.6 Å². The summed E-state index contributed by atoms with van der Waals surface area (Å²) < 4.78 is 11.6. The van der Waals surface area contributed by atoms with Crippen LogP contribution in [-0.4, -0.2) is 54.8 Å². The maximum Gasteiger partial charge on any atom is 0.320 e. The molecular weight excluding hydrogens is 504 g/mol. The van der Waals surface area contributed by atoms with Crippen LogP contribution < -0.4 is 19.6 Å². The third-order valence-electron chi connectivity index (χ3n) is 5.75. The average Bonchev–Trinajstić information content (AvgIpc) is 3.51. The molecule has 1 aliphatic heterocycles. The number of aliphatic imine (C=N–C) groups is 2. The van der Waals surface area contributed by atoms with Crippen LogP contribution in [0.4, 0.5) is 17.3 Å². The highest BCUT2D eigenvalue weighted by molar-refractivity contribution is 8.14. The summed E-state index contributed by atoms with van der Waals surface area (Å²) >= 11 is 1.14. The van der Waals surface area contributed by atoms with Crippen molar-refractivity contribution in [2.75, 3.05) is 42.4 Å². The minimum Gasteiger partial charge on any atom is -0.861 e. The fraction of sp³-hybridized carbons (Fsp3) is 0.296. The first-order valence-electron chi connectivity index (χ1n) is 12.3. The van der Waals surface area contributed by atoms with Gasteiger partial charge in [-0.05, 0) is 60.3 Å². The summed E-state index contributed by atoms with van der Waals surface area (Å²) in [6.07, 6.45) is 3.29. The van der Waals surface area contributed by atoms with E-state index in [1.165, 1.54) is 15.8 Å². The number of methoxy groups -OCH3 is 1. The van der Waals surface area contributed by atoms with Gasteiger partial charge in [0.2, 0.25) is 11.8 Å². The topological polar surface area (TPSA) is 110 Å². The zero-order valence-electron chi connectivity index (χ0n) is 21.6. The highest BCUT2D eigenvalue weighted by atomic mass is 32.2. The lowest BCUT2D eigenvalue weighted by Crippen LogP contribution is -2.36. The van der Waals surface area contributed by atoms with Crippen LogP contribution in [0.25, 0.3) is 6.08 Å². The number of rotatable bonds is 11. The fourth-order valence-electron chi connectivity index (χ4n) is 3.82. The Labute approximate surface area is 225 Å². The molecule has 0 radical (unpaired) electrons. The minimum absolute atomic E-state index is 0.0277. The van der Waals surface area contributed by atoms with Gasteiger partial charge in [-0.2, -0.15) is 0 Å². The van der Waals surface area contributed by atoms with Gasteiger partial charge in [-0.3, -0.25) is 14.2 Å². The molecule has 0 unspecified atom stereocenters. The lowest BCUT2D eigenvalue weighted by molar-refractivity contribution is -0.763. The zero-order valence-corrected chi connectivity index (χ0v) is 22.4. The second kappa shape index (κ2) is 13.0. The van der Waals surface area contributed by atoms with E-state index in [9.17, 15) is 9.90 Å². The number of hydrogen-bond acceptors (Lipinski definition) is 9. The van der Waals surface area contributed by atoms with E-state index in [-0.39, 0.29) is 17.5 Å². The number of nitrogens with zero attached hydrogens (tertiary/aromatic N) is 6.